The summed E-state index contributed by atoms with van der Waals surface area (Å²) in [5.74, 6) is 0.544. The highest BCUT2D eigenvalue weighted by atomic mass is 16.5. The van der Waals surface area contributed by atoms with E-state index in [1.165, 1.54) is 25.9 Å². The van der Waals surface area contributed by atoms with Crippen molar-refractivity contribution in [3.05, 3.63) is 29.8 Å². The first-order valence-corrected chi connectivity index (χ1v) is 10.1. The zero-order valence-corrected chi connectivity index (χ0v) is 16.2. The molecule has 0 bridgehead atoms. The van der Waals surface area contributed by atoms with Gasteiger partial charge in [0.1, 0.15) is 5.75 Å². The highest BCUT2D eigenvalue weighted by molar-refractivity contribution is 5.95. The number of ether oxygens (including phenoxy) is 1. The first-order chi connectivity index (χ1) is 13.2. The maximum absolute atomic E-state index is 12.6. The molecule has 1 heterocycles. The van der Waals surface area contributed by atoms with Crippen molar-refractivity contribution in [2.75, 3.05) is 33.3 Å². The Balaban J connectivity index is 1.44. The Morgan fingerprint density at radius 1 is 1.11 bits per heavy atom. The first-order valence-electron chi connectivity index (χ1n) is 10.1. The van der Waals surface area contributed by atoms with E-state index in [9.17, 15) is 9.59 Å². The number of nitrogens with zero attached hydrogens (tertiary/aromatic N) is 1. The van der Waals surface area contributed by atoms with Crippen LogP contribution in [0.5, 0.6) is 5.75 Å². The maximum Gasteiger partial charge on any atom is 0.251 e. The second-order valence-corrected chi connectivity index (χ2v) is 7.54. The van der Waals surface area contributed by atoms with Crippen LogP contribution < -0.4 is 15.4 Å². The van der Waals surface area contributed by atoms with Gasteiger partial charge in [-0.3, -0.25) is 9.59 Å². The normalized spacial score (nSPS) is 22.6. The topological polar surface area (TPSA) is 70.7 Å². The van der Waals surface area contributed by atoms with Gasteiger partial charge >= 0.3 is 0 Å². The van der Waals surface area contributed by atoms with Crippen LogP contribution in [0.1, 0.15) is 48.9 Å². The summed E-state index contributed by atoms with van der Waals surface area (Å²) in [6.45, 7) is 4.15. The van der Waals surface area contributed by atoms with Gasteiger partial charge in [0.2, 0.25) is 5.91 Å². The maximum atomic E-state index is 12.6. The van der Waals surface area contributed by atoms with Gasteiger partial charge in [0, 0.05) is 18.2 Å². The van der Waals surface area contributed by atoms with Crippen LogP contribution in [0.25, 0.3) is 0 Å². The average molecular weight is 373 g/mol. The van der Waals surface area contributed by atoms with Crippen molar-refractivity contribution in [1.82, 2.24) is 15.5 Å². The van der Waals surface area contributed by atoms with Crippen LogP contribution in [0.2, 0.25) is 0 Å². The van der Waals surface area contributed by atoms with Gasteiger partial charge in [-0.2, -0.15) is 0 Å². The van der Waals surface area contributed by atoms with Gasteiger partial charge in [-0.05, 0) is 76.0 Å². The van der Waals surface area contributed by atoms with E-state index in [1.807, 2.05) is 0 Å². The van der Waals surface area contributed by atoms with Crippen molar-refractivity contribution in [1.29, 1.82) is 0 Å². The molecule has 0 spiro atoms. The van der Waals surface area contributed by atoms with E-state index in [0.717, 1.165) is 38.0 Å². The van der Waals surface area contributed by atoms with E-state index in [-0.39, 0.29) is 23.8 Å². The molecule has 0 aromatic heterocycles. The number of hydrogen-bond donors (Lipinski definition) is 2. The second-order valence-electron chi connectivity index (χ2n) is 7.54. The molecule has 27 heavy (non-hydrogen) atoms. The third kappa shape index (κ3) is 5.45. The summed E-state index contributed by atoms with van der Waals surface area (Å²) in [5.41, 5.74) is 0.590. The van der Waals surface area contributed by atoms with E-state index >= 15 is 0 Å². The Morgan fingerprint density at radius 2 is 1.85 bits per heavy atom. The van der Waals surface area contributed by atoms with Crippen molar-refractivity contribution >= 4 is 11.8 Å². The molecule has 6 heteroatoms. The number of carbonyl (C=O) groups excluding carboxylic acids is 2. The molecule has 1 saturated carbocycles. The molecule has 2 amide bonds. The van der Waals surface area contributed by atoms with Crippen molar-refractivity contribution in [3.63, 3.8) is 0 Å². The highest BCUT2D eigenvalue weighted by Crippen LogP contribution is 2.26. The van der Waals surface area contributed by atoms with Gasteiger partial charge in [0.25, 0.3) is 5.91 Å². The van der Waals surface area contributed by atoms with E-state index in [0.29, 0.717) is 12.1 Å². The minimum Gasteiger partial charge on any atom is -0.497 e. The summed E-state index contributed by atoms with van der Waals surface area (Å²) in [6, 6.07) is 6.95. The monoisotopic (exact) mass is 373 g/mol. The number of amides is 2. The number of nitrogens with one attached hydrogen (secondary N) is 2. The van der Waals surface area contributed by atoms with Crippen LogP contribution in [0.15, 0.2) is 24.3 Å². The van der Waals surface area contributed by atoms with Crippen molar-refractivity contribution in [2.24, 2.45) is 5.92 Å². The molecule has 148 valence electrons. The zero-order valence-electron chi connectivity index (χ0n) is 16.2. The third-order valence-electron chi connectivity index (χ3n) is 5.67. The van der Waals surface area contributed by atoms with Gasteiger partial charge < -0.3 is 20.3 Å². The summed E-state index contributed by atoms with van der Waals surface area (Å²) < 4.78 is 5.12. The van der Waals surface area contributed by atoms with Crippen LogP contribution in [0.4, 0.5) is 0 Å². The first kappa shape index (κ1) is 19.7. The third-order valence-corrected chi connectivity index (χ3v) is 5.67. The molecule has 1 saturated heterocycles. The summed E-state index contributed by atoms with van der Waals surface area (Å²) >= 11 is 0. The Labute approximate surface area is 161 Å². The van der Waals surface area contributed by atoms with Crippen LogP contribution in [-0.2, 0) is 4.79 Å². The fourth-order valence-corrected chi connectivity index (χ4v) is 4.09. The molecular weight excluding hydrogens is 342 g/mol. The van der Waals surface area contributed by atoms with Crippen LogP contribution in [0.3, 0.4) is 0 Å². The lowest BCUT2D eigenvalue weighted by Gasteiger charge is -2.21. The molecule has 3 rings (SSSR count). The van der Waals surface area contributed by atoms with E-state index in [1.54, 1.807) is 31.4 Å². The molecule has 1 aliphatic carbocycles. The van der Waals surface area contributed by atoms with Crippen molar-refractivity contribution < 1.29 is 14.3 Å². The van der Waals surface area contributed by atoms with Gasteiger partial charge in [-0.1, -0.05) is 6.42 Å². The predicted molar refractivity (Wildman–Crippen MR) is 105 cm³/mol. The molecule has 1 aliphatic heterocycles. The number of methoxy groups -OCH3 is 1. The fraction of sp³-hybridized carbons (Fsp3) is 0.619. The van der Waals surface area contributed by atoms with Gasteiger partial charge in [0.15, 0.2) is 0 Å². The molecule has 2 atom stereocenters. The number of carbonyl (C=O) groups is 2. The van der Waals surface area contributed by atoms with Crippen LogP contribution >= 0.6 is 0 Å². The van der Waals surface area contributed by atoms with Crippen molar-refractivity contribution in [3.8, 4) is 5.75 Å². The largest absolute Gasteiger partial charge is 0.497 e. The summed E-state index contributed by atoms with van der Waals surface area (Å²) in [5, 5.41) is 6.12. The quantitative estimate of drug-likeness (QED) is 0.686. The van der Waals surface area contributed by atoms with E-state index in [2.05, 4.69) is 15.5 Å². The van der Waals surface area contributed by atoms with E-state index in [4.69, 9.17) is 4.74 Å². The van der Waals surface area contributed by atoms with E-state index < -0.39 is 0 Å². The lowest BCUT2D eigenvalue weighted by Crippen LogP contribution is -2.44. The average Bonchev–Trinajstić information content (AvgIpc) is 3.37. The Bertz CT molecular complexity index is 626. The van der Waals surface area contributed by atoms with Crippen LogP contribution in [0, 0.1) is 5.92 Å². The lowest BCUT2D eigenvalue weighted by molar-refractivity contribution is -0.125. The van der Waals surface area contributed by atoms with Gasteiger partial charge in [0.05, 0.1) is 13.0 Å². The number of rotatable bonds is 8. The SMILES string of the molecule is COc1ccc(C(=O)N[C@@H]2CCC[C@@H]2C(=O)NCCCN2CCCC2)cc1. The minimum absolute atomic E-state index is 0.0777. The smallest absolute Gasteiger partial charge is 0.251 e. The minimum atomic E-state index is -0.128. The molecular formula is C21H31N3O3. The second kappa shape index (κ2) is 9.74. The molecule has 2 aliphatic rings. The number of hydrogen-bond acceptors (Lipinski definition) is 4. The number of benzene rings is 1. The summed E-state index contributed by atoms with van der Waals surface area (Å²) in [7, 11) is 1.60. The van der Waals surface area contributed by atoms with Crippen molar-refractivity contribution in [2.45, 2.75) is 44.6 Å². The van der Waals surface area contributed by atoms with Crippen LogP contribution in [-0.4, -0.2) is 56.0 Å². The molecule has 2 N–H and O–H groups in total. The number of likely N-dealkylation sites (tertiary alicyclic amines) is 1. The Kier molecular flexibility index (Phi) is 7.10. The zero-order chi connectivity index (χ0) is 19.1. The molecule has 0 unspecified atom stereocenters. The summed E-state index contributed by atoms with van der Waals surface area (Å²) in [4.78, 5) is 27.5. The molecule has 0 radical (unpaired) electrons. The summed E-state index contributed by atoms with van der Waals surface area (Å²) in [6.07, 6.45) is 6.24. The molecule has 1 aromatic rings. The highest BCUT2D eigenvalue weighted by Gasteiger charge is 2.34. The molecule has 6 nitrogen and oxygen atoms in total. The Hall–Kier alpha value is -2.08. The standard InChI is InChI=1S/C21H31N3O3/c1-27-17-10-8-16(9-11-17)20(25)23-19-7-4-6-18(19)21(26)22-12-5-15-24-13-2-3-14-24/h8-11,18-19H,2-7,12-15H2,1H3,(H,22,26)(H,23,25)/t18-,19+/m0/s1. The van der Waals surface area contributed by atoms with Gasteiger partial charge in [-0.25, -0.2) is 0 Å². The molecule has 1 aromatic carbocycles. The van der Waals surface area contributed by atoms with Gasteiger partial charge in [-0.15, -0.1) is 0 Å². The molecule has 2 fully saturated rings. The fourth-order valence-electron chi connectivity index (χ4n) is 4.09. The Morgan fingerprint density at radius 3 is 2.56 bits per heavy atom. The predicted octanol–water partition coefficient (Wildman–Crippen LogP) is 2.20. The lowest BCUT2D eigenvalue weighted by atomic mass is 10.0.